The topological polar surface area (TPSA) is 111 Å². The zero-order valence-corrected chi connectivity index (χ0v) is 13.9. The number of hydrogen-bond donors (Lipinski definition) is 2. The predicted molar refractivity (Wildman–Crippen MR) is 89.5 cm³/mol. The maximum absolute atomic E-state index is 13.2. The van der Waals surface area contributed by atoms with Crippen molar-refractivity contribution in [2.75, 3.05) is 11.9 Å². The quantitative estimate of drug-likeness (QED) is 0.613. The number of hydrogen-bond acceptors (Lipinski definition) is 5. The summed E-state index contributed by atoms with van der Waals surface area (Å²) in [7, 11) is 0. The minimum absolute atomic E-state index is 0.153. The van der Waals surface area contributed by atoms with Gasteiger partial charge in [-0.25, -0.2) is 0 Å². The third-order valence-electron chi connectivity index (χ3n) is 3.92. The molecule has 0 aromatic heterocycles. The Morgan fingerprint density at radius 2 is 1.89 bits per heavy atom. The number of alkyl halides is 3. The lowest BCUT2D eigenvalue weighted by Gasteiger charge is -2.19. The Morgan fingerprint density at radius 1 is 1.21 bits per heavy atom. The van der Waals surface area contributed by atoms with Crippen molar-refractivity contribution in [1.29, 1.82) is 0 Å². The van der Waals surface area contributed by atoms with E-state index in [2.05, 4.69) is 10.6 Å². The molecule has 2 aromatic carbocycles. The second-order valence-corrected chi connectivity index (χ2v) is 5.80. The van der Waals surface area contributed by atoms with E-state index in [1.165, 1.54) is 18.2 Å². The molecule has 0 spiro atoms. The first-order valence-electron chi connectivity index (χ1n) is 7.84. The zero-order valence-electron chi connectivity index (χ0n) is 13.9. The van der Waals surface area contributed by atoms with Crippen LogP contribution in [-0.4, -0.2) is 23.3 Å². The summed E-state index contributed by atoms with van der Waals surface area (Å²) in [6.07, 6.45) is -4.74. The molecule has 1 unspecified atom stereocenters. The molecule has 0 saturated heterocycles. The molecule has 2 amide bonds. The number of carbonyl (C=O) groups excluding carboxylic acids is 2. The number of nitrogens with zero attached hydrogens (tertiary/aromatic N) is 1. The fourth-order valence-corrected chi connectivity index (χ4v) is 2.67. The van der Waals surface area contributed by atoms with E-state index in [4.69, 9.17) is 4.74 Å². The molecular formula is C17H12F3N3O5. The number of carbonyl (C=O) groups is 2. The first kappa shape index (κ1) is 19.1. The number of ether oxygens (including phenoxy) is 1. The fraction of sp³-hybridized carbons (Fsp3) is 0.176. The van der Waals surface area contributed by atoms with Gasteiger partial charge in [0.1, 0.15) is 11.8 Å². The number of nitro groups is 1. The van der Waals surface area contributed by atoms with E-state index < -0.39 is 46.9 Å². The van der Waals surface area contributed by atoms with Crippen LogP contribution in [0.2, 0.25) is 0 Å². The molecule has 3 rings (SSSR count). The molecule has 1 heterocycles. The summed E-state index contributed by atoms with van der Waals surface area (Å²) in [6, 6.07) is 6.53. The van der Waals surface area contributed by atoms with Crippen LogP contribution in [-0.2, 0) is 15.8 Å². The number of nitro benzene ring substituents is 1. The van der Waals surface area contributed by atoms with Crippen molar-refractivity contribution in [3.63, 3.8) is 0 Å². The van der Waals surface area contributed by atoms with Crippen LogP contribution in [0, 0.1) is 10.1 Å². The number of anilines is 1. The lowest BCUT2D eigenvalue weighted by Crippen LogP contribution is -2.37. The summed E-state index contributed by atoms with van der Waals surface area (Å²) in [5.41, 5.74) is -1.28. The van der Waals surface area contributed by atoms with Crippen molar-refractivity contribution in [2.24, 2.45) is 0 Å². The standard InChI is InChI=1S/C17H12F3N3O5/c18-17(19,20)12-3-1-2-11-14(22-13(24)8-28-15(11)12)16(25)21-9-4-6-10(7-5-9)23(26)27/h1-7,14H,8H2,(H,21,25)(H,22,24). The van der Waals surface area contributed by atoms with Crippen LogP contribution in [0.15, 0.2) is 42.5 Å². The van der Waals surface area contributed by atoms with E-state index in [-0.39, 0.29) is 16.9 Å². The van der Waals surface area contributed by atoms with Crippen molar-refractivity contribution < 1.29 is 32.4 Å². The number of nitrogens with one attached hydrogen (secondary N) is 2. The molecule has 0 radical (unpaired) electrons. The smallest absolute Gasteiger partial charge is 0.419 e. The molecule has 146 valence electrons. The van der Waals surface area contributed by atoms with Gasteiger partial charge in [-0.15, -0.1) is 0 Å². The summed E-state index contributed by atoms with van der Waals surface area (Å²) >= 11 is 0. The maximum Gasteiger partial charge on any atom is 0.419 e. The van der Waals surface area contributed by atoms with Gasteiger partial charge in [0.2, 0.25) is 0 Å². The first-order valence-corrected chi connectivity index (χ1v) is 7.84. The third kappa shape index (κ3) is 3.87. The van der Waals surface area contributed by atoms with E-state index in [9.17, 15) is 32.9 Å². The minimum atomic E-state index is -4.74. The SMILES string of the molecule is O=C1COc2c(cccc2C(F)(F)F)C(C(=O)Nc2ccc([N+](=O)[O-])cc2)N1. The van der Waals surface area contributed by atoms with Gasteiger partial charge >= 0.3 is 6.18 Å². The molecule has 2 aromatic rings. The number of rotatable bonds is 3. The van der Waals surface area contributed by atoms with Gasteiger partial charge in [0, 0.05) is 23.4 Å². The molecule has 8 nitrogen and oxygen atoms in total. The highest BCUT2D eigenvalue weighted by atomic mass is 19.4. The Balaban J connectivity index is 1.93. The van der Waals surface area contributed by atoms with Crippen LogP contribution in [0.4, 0.5) is 24.5 Å². The molecule has 2 N–H and O–H groups in total. The van der Waals surface area contributed by atoms with Crippen LogP contribution >= 0.6 is 0 Å². The Kier molecular flexibility index (Phi) is 4.91. The number of amides is 2. The second-order valence-electron chi connectivity index (χ2n) is 5.80. The second kappa shape index (κ2) is 7.18. The van der Waals surface area contributed by atoms with Gasteiger partial charge in [-0.05, 0) is 18.2 Å². The molecule has 0 aliphatic carbocycles. The normalized spacial score (nSPS) is 16.2. The van der Waals surface area contributed by atoms with Crippen LogP contribution in [0.5, 0.6) is 5.75 Å². The Bertz CT molecular complexity index is 944. The van der Waals surface area contributed by atoms with E-state index in [0.29, 0.717) is 0 Å². The molecule has 1 aliphatic heterocycles. The highest BCUT2D eigenvalue weighted by molar-refractivity contribution is 5.99. The largest absolute Gasteiger partial charge is 0.483 e. The van der Waals surface area contributed by atoms with Crippen molar-refractivity contribution in [3.05, 3.63) is 63.7 Å². The lowest BCUT2D eigenvalue weighted by molar-refractivity contribution is -0.384. The van der Waals surface area contributed by atoms with Gasteiger partial charge in [-0.2, -0.15) is 13.2 Å². The lowest BCUT2D eigenvalue weighted by atomic mass is 10.0. The number of non-ortho nitro benzene ring substituents is 1. The van der Waals surface area contributed by atoms with E-state index in [1.807, 2.05) is 0 Å². The van der Waals surface area contributed by atoms with E-state index >= 15 is 0 Å². The average molecular weight is 395 g/mol. The van der Waals surface area contributed by atoms with Crippen molar-refractivity contribution in [1.82, 2.24) is 5.32 Å². The molecular weight excluding hydrogens is 383 g/mol. The van der Waals surface area contributed by atoms with E-state index in [0.717, 1.165) is 24.3 Å². The molecule has 0 saturated carbocycles. The summed E-state index contributed by atoms with van der Waals surface area (Å²) in [6.45, 7) is -0.679. The van der Waals surface area contributed by atoms with Crippen LogP contribution in [0.25, 0.3) is 0 Å². The van der Waals surface area contributed by atoms with Gasteiger partial charge in [0.15, 0.2) is 6.61 Å². The Morgan fingerprint density at radius 3 is 2.50 bits per heavy atom. The highest BCUT2D eigenvalue weighted by Gasteiger charge is 2.39. The molecule has 1 atom stereocenters. The van der Waals surface area contributed by atoms with Crippen LogP contribution in [0.3, 0.4) is 0 Å². The summed E-state index contributed by atoms with van der Waals surface area (Å²) < 4.78 is 44.7. The monoisotopic (exact) mass is 395 g/mol. The fourth-order valence-electron chi connectivity index (χ4n) is 2.67. The van der Waals surface area contributed by atoms with Crippen LogP contribution < -0.4 is 15.4 Å². The predicted octanol–water partition coefficient (Wildman–Crippen LogP) is 2.80. The molecule has 0 fully saturated rings. The third-order valence-corrected chi connectivity index (χ3v) is 3.92. The average Bonchev–Trinajstić information content (AvgIpc) is 2.80. The Hall–Kier alpha value is -3.63. The molecule has 0 bridgehead atoms. The van der Waals surface area contributed by atoms with Gasteiger partial charge in [-0.1, -0.05) is 12.1 Å². The maximum atomic E-state index is 13.2. The van der Waals surface area contributed by atoms with Crippen LogP contribution in [0.1, 0.15) is 17.2 Å². The Labute approximate surface area is 155 Å². The minimum Gasteiger partial charge on any atom is -0.483 e. The van der Waals surface area contributed by atoms with Gasteiger partial charge in [-0.3, -0.25) is 19.7 Å². The summed E-state index contributed by atoms with van der Waals surface area (Å²) in [5, 5.41) is 15.4. The first-order chi connectivity index (χ1) is 13.2. The number of para-hydroxylation sites is 1. The number of fused-ring (bicyclic) bond motifs is 1. The summed E-state index contributed by atoms with van der Waals surface area (Å²) in [4.78, 5) is 34.5. The van der Waals surface area contributed by atoms with Crippen molar-refractivity contribution in [3.8, 4) is 5.75 Å². The van der Waals surface area contributed by atoms with Gasteiger partial charge in [0.05, 0.1) is 10.5 Å². The molecule has 28 heavy (non-hydrogen) atoms. The zero-order chi connectivity index (χ0) is 20.5. The number of halogens is 3. The summed E-state index contributed by atoms with van der Waals surface area (Å²) in [5.74, 6) is -2.20. The van der Waals surface area contributed by atoms with Crippen molar-refractivity contribution in [2.45, 2.75) is 12.2 Å². The van der Waals surface area contributed by atoms with Gasteiger partial charge < -0.3 is 15.4 Å². The van der Waals surface area contributed by atoms with Gasteiger partial charge in [0.25, 0.3) is 17.5 Å². The highest BCUT2D eigenvalue weighted by Crippen LogP contribution is 2.41. The van der Waals surface area contributed by atoms with Crippen molar-refractivity contribution >= 4 is 23.2 Å². The number of benzene rings is 2. The van der Waals surface area contributed by atoms with E-state index in [1.54, 1.807) is 0 Å². The molecule has 11 heteroatoms. The molecule has 1 aliphatic rings.